The van der Waals surface area contributed by atoms with Gasteiger partial charge >= 0.3 is 0 Å². The van der Waals surface area contributed by atoms with Crippen LogP contribution in [-0.2, 0) is 13.1 Å². The zero-order valence-corrected chi connectivity index (χ0v) is 12.5. The van der Waals surface area contributed by atoms with Crippen LogP contribution in [0.5, 0.6) is 5.75 Å². The number of nitrogens with zero attached hydrogens (tertiary/aromatic N) is 1. The molecular weight excluding hydrogens is 260 g/mol. The van der Waals surface area contributed by atoms with Crippen LogP contribution >= 0.6 is 0 Å². The summed E-state index contributed by atoms with van der Waals surface area (Å²) in [6, 6.07) is 17.6. The van der Waals surface area contributed by atoms with E-state index in [1.165, 1.54) is 29.7 Å². The van der Waals surface area contributed by atoms with Gasteiger partial charge in [-0.15, -0.1) is 0 Å². The summed E-state index contributed by atoms with van der Waals surface area (Å²) in [5.74, 6) is 0.918. The Kier molecular flexibility index (Phi) is 4.11. The molecule has 2 N–H and O–H groups in total. The highest BCUT2D eigenvalue weighted by atomic mass is 16.5. The molecule has 2 aromatic carbocycles. The van der Waals surface area contributed by atoms with Crippen molar-refractivity contribution in [1.82, 2.24) is 0 Å². The number of methoxy groups -OCH3 is 1. The summed E-state index contributed by atoms with van der Waals surface area (Å²) in [5.41, 5.74) is 9.41. The first-order chi connectivity index (χ1) is 10.3. The second kappa shape index (κ2) is 6.19. The van der Waals surface area contributed by atoms with Gasteiger partial charge in [-0.1, -0.05) is 24.3 Å². The first-order valence-electron chi connectivity index (χ1n) is 7.48. The Balaban J connectivity index is 1.80. The van der Waals surface area contributed by atoms with Crippen molar-refractivity contribution in [1.29, 1.82) is 0 Å². The van der Waals surface area contributed by atoms with Gasteiger partial charge in [-0.25, -0.2) is 0 Å². The largest absolute Gasteiger partial charge is 0.497 e. The zero-order valence-electron chi connectivity index (χ0n) is 12.5. The highest BCUT2D eigenvalue weighted by Crippen LogP contribution is 2.33. The topological polar surface area (TPSA) is 38.5 Å². The van der Waals surface area contributed by atoms with Crippen LogP contribution in [0.1, 0.15) is 24.0 Å². The molecule has 0 radical (unpaired) electrons. The molecule has 0 aromatic heterocycles. The summed E-state index contributed by atoms with van der Waals surface area (Å²) in [7, 11) is 1.71. The predicted octanol–water partition coefficient (Wildman–Crippen LogP) is 3.32. The van der Waals surface area contributed by atoms with Crippen LogP contribution in [0.3, 0.4) is 0 Å². The van der Waals surface area contributed by atoms with E-state index in [9.17, 15) is 0 Å². The second-order valence-electron chi connectivity index (χ2n) is 5.58. The molecule has 21 heavy (non-hydrogen) atoms. The zero-order chi connectivity index (χ0) is 14.7. The lowest BCUT2D eigenvalue weighted by atomic mass is 10.1. The number of ether oxygens (including phenoxy) is 1. The highest BCUT2D eigenvalue weighted by Gasteiger charge is 2.29. The van der Waals surface area contributed by atoms with E-state index in [4.69, 9.17) is 10.5 Å². The van der Waals surface area contributed by atoms with Crippen molar-refractivity contribution in [2.24, 2.45) is 5.73 Å². The van der Waals surface area contributed by atoms with Gasteiger partial charge in [0.05, 0.1) is 7.11 Å². The summed E-state index contributed by atoms with van der Waals surface area (Å²) < 4.78 is 5.32. The van der Waals surface area contributed by atoms with Crippen molar-refractivity contribution < 1.29 is 4.74 Å². The highest BCUT2D eigenvalue weighted by molar-refractivity contribution is 5.50. The first-order valence-corrected chi connectivity index (χ1v) is 7.48. The molecule has 2 aromatic rings. The molecule has 1 aliphatic carbocycles. The van der Waals surface area contributed by atoms with E-state index in [2.05, 4.69) is 47.4 Å². The molecule has 1 fully saturated rings. The molecule has 3 nitrogen and oxygen atoms in total. The quantitative estimate of drug-likeness (QED) is 0.883. The van der Waals surface area contributed by atoms with E-state index in [1.807, 2.05) is 6.07 Å². The second-order valence-corrected chi connectivity index (χ2v) is 5.58. The Morgan fingerprint density at radius 2 is 1.86 bits per heavy atom. The average Bonchev–Trinajstić information content (AvgIpc) is 3.38. The van der Waals surface area contributed by atoms with E-state index >= 15 is 0 Å². The fourth-order valence-electron chi connectivity index (χ4n) is 2.61. The Morgan fingerprint density at radius 3 is 2.48 bits per heavy atom. The molecule has 1 saturated carbocycles. The van der Waals surface area contributed by atoms with E-state index in [0.717, 1.165) is 12.3 Å². The fourth-order valence-corrected chi connectivity index (χ4v) is 2.61. The van der Waals surface area contributed by atoms with Crippen molar-refractivity contribution in [3.8, 4) is 5.75 Å². The van der Waals surface area contributed by atoms with Gasteiger partial charge in [-0.05, 0) is 48.2 Å². The lowest BCUT2D eigenvalue weighted by molar-refractivity contribution is 0.414. The van der Waals surface area contributed by atoms with Crippen molar-refractivity contribution in [2.75, 3.05) is 12.0 Å². The number of benzene rings is 2. The van der Waals surface area contributed by atoms with Crippen LogP contribution in [0.2, 0.25) is 0 Å². The normalized spacial score (nSPS) is 14.0. The molecule has 0 unspecified atom stereocenters. The van der Waals surface area contributed by atoms with Crippen LogP contribution in [0.4, 0.5) is 5.69 Å². The standard InChI is InChI=1S/C18H22N2O/c1-21-18-4-2-3-15(11-18)13-20(17-9-10-17)16-7-5-14(12-19)6-8-16/h2-8,11,17H,9-10,12-13,19H2,1H3. The minimum Gasteiger partial charge on any atom is -0.497 e. The molecule has 0 atom stereocenters. The number of hydrogen-bond donors (Lipinski definition) is 1. The molecule has 0 bridgehead atoms. The van der Waals surface area contributed by atoms with Crippen molar-refractivity contribution in [3.05, 3.63) is 59.7 Å². The molecule has 0 heterocycles. The van der Waals surface area contributed by atoms with Crippen LogP contribution in [0.25, 0.3) is 0 Å². The molecule has 0 amide bonds. The van der Waals surface area contributed by atoms with E-state index < -0.39 is 0 Å². The van der Waals surface area contributed by atoms with Gasteiger partial charge in [0.15, 0.2) is 0 Å². The maximum absolute atomic E-state index is 5.68. The molecule has 110 valence electrons. The average molecular weight is 282 g/mol. The van der Waals surface area contributed by atoms with Gasteiger partial charge in [0, 0.05) is 24.8 Å². The smallest absolute Gasteiger partial charge is 0.119 e. The fraction of sp³-hybridized carbons (Fsp3) is 0.333. The Labute approximate surface area is 126 Å². The minimum atomic E-state index is 0.597. The number of nitrogens with two attached hydrogens (primary N) is 1. The maximum Gasteiger partial charge on any atom is 0.119 e. The predicted molar refractivity (Wildman–Crippen MR) is 86.5 cm³/mol. The molecule has 0 aliphatic heterocycles. The maximum atomic E-state index is 5.68. The first kappa shape index (κ1) is 14.0. The van der Waals surface area contributed by atoms with Crippen LogP contribution in [0.15, 0.2) is 48.5 Å². The number of rotatable bonds is 6. The lowest BCUT2D eigenvalue weighted by Crippen LogP contribution is -2.25. The van der Waals surface area contributed by atoms with Gasteiger partial charge in [-0.2, -0.15) is 0 Å². The molecular formula is C18H22N2O. The summed E-state index contributed by atoms with van der Waals surface area (Å²) in [5, 5.41) is 0. The van der Waals surface area contributed by atoms with Gasteiger partial charge in [-0.3, -0.25) is 0 Å². The monoisotopic (exact) mass is 282 g/mol. The molecule has 1 aliphatic rings. The van der Waals surface area contributed by atoms with E-state index in [1.54, 1.807) is 7.11 Å². The Hall–Kier alpha value is -2.00. The summed E-state index contributed by atoms with van der Waals surface area (Å²) in [4.78, 5) is 2.48. The van der Waals surface area contributed by atoms with Crippen molar-refractivity contribution >= 4 is 5.69 Å². The summed E-state index contributed by atoms with van der Waals surface area (Å²) in [6.07, 6.45) is 2.56. The van der Waals surface area contributed by atoms with Gasteiger partial charge in [0.1, 0.15) is 5.75 Å². The van der Waals surface area contributed by atoms with Crippen LogP contribution < -0.4 is 15.4 Å². The van der Waals surface area contributed by atoms with Crippen LogP contribution in [0, 0.1) is 0 Å². The van der Waals surface area contributed by atoms with E-state index in [-0.39, 0.29) is 0 Å². The molecule has 3 heteroatoms. The van der Waals surface area contributed by atoms with Gasteiger partial charge < -0.3 is 15.4 Å². The van der Waals surface area contributed by atoms with Gasteiger partial charge in [0.2, 0.25) is 0 Å². The lowest BCUT2D eigenvalue weighted by Gasteiger charge is -2.25. The molecule has 3 rings (SSSR count). The third-order valence-electron chi connectivity index (χ3n) is 3.98. The number of hydrogen-bond acceptors (Lipinski definition) is 3. The Bertz CT molecular complexity index is 590. The van der Waals surface area contributed by atoms with Crippen LogP contribution in [-0.4, -0.2) is 13.2 Å². The third kappa shape index (κ3) is 3.37. The summed E-state index contributed by atoms with van der Waals surface area (Å²) >= 11 is 0. The van der Waals surface area contributed by atoms with Crippen molar-refractivity contribution in [2.45, 2.75) is 32.0 Å². The summed E-state index contributed by atoms with van der Waals surface area (Å²) in [6.45, 7) is 1.52. The minimum absolute atomic E-state index is 0.597. The van der Waals surface area contributed by atoms with Crippen molar-refractivity contribution in [3.63, 3.8) is 0 Å². The molecule has 0 spiro atoms. The Morgan fingerprint density at radius 1 is 1.10 bits per heavy atom. The third-order valence-corrected chi connectivity index (χ3v) is 3.98. The SMILES string of the molecule is COc1cccc(CN(c2ccc(CN)cc2)C2CC2)c1. The van der Waals surface area contributed by atoms with E-state index in [0.29, 0.717) is 12.6 Å². The molecule has 0 saturated heterocycles. The van der Waals surface area contributed by atoms with Gasteiger partial charge in [0.25, 0.3) is 0 Å². The number of anilines is 1.